The first kappa shape index (κ1) is 20.6. The van der Waals surface area contributed by atoms with Gasteiger partial charge in [0, 0.05) is 16.5 Å². The smallest absolute Gasteiger partial charge is 0.317 e. The van der Waals surface area contributed by atoms with Crippen molar-refractivity contribution in [1.29, 1.82) is 0 Å². The molecule has 0 bridgehead atoms. The van der Waals surface area contributed by atoms with Gasteiger partial charge in [-0.15, -0.1) is 5.10 Å². The summed E-state index contributed by atoms with van der Waals surface area (Å²) >= 11 is 8.04. The number of ether oxygens (including phenoxy) is 1. The second-order valence-electron chi connectivity index (χ2n) is 6.86. The van der Waals surface area contributed by atoms with Crippen LogP contribution in [-0.4, -0.2) is 33.1 Å². The molecule has 3 aromatic rings. The summed E-state index contributed by atoms with van der Waals surface area (Å²) in [5, 5.41) is 5.85. The lowest BCUT2D eigenvalue weighted by Gasteiger charge is -2.30. The fraction of sp³-hybridized carbons (Fsp3) is 0.273. The third-order valence-electron chi connectivity index (χ3n) is 4.87. The molecule has 0 N–H and O–H groups in total. The normalized spacial score (nSPS) is 17.9. The Morgan fingerprint density at radius 2 is 1.90 bits per heavy atom. The zero-order chi connectivity index (χ0) is 21.1. The highest BCUT2D eigenvalue weighted by Crippen LogP contribution is 2.39. The molecule has 2 aromatic carbocycles. The van der Waals surface area contributed by atoms with Crippen molar-refractivity contribution in [1.82, 2.24) is 14.8 Å². The summed E-state index contributed by atoms with van der Waals surface area (Å²) in [5.74, 6) is 0.244. The van der Waals surface area contributed by atoms with E-state index in [9.17, 15) is 4.79 Å². The number of rotatable bonds is 6. The van der Waals surface area contributed by atoms with E-state index >= 15 is 0 Å². The van der Waals surface area contributed by atoms with Crippen LogP contribution in [0, 0.1) is 5.92 Å². The van der Waals surface area contributed by atoms with Crippen molar-refractivity contribution in [3.05, 3.63) is 70.7 Å². The second kappa shape index (κ2) is 9.02. The van der Waals surface area contributed by atoms with Gasteiger partial charge in [0.2, 0.25) is 11.1 Å². The third kappa shape index (κ3) is 4.13. The third-order valence-corrected chi connectivity index (χ3v) is 6.13. The number of aromatic nitrogens is 3. The Balaban J connectivity index is 1.72. The summed E-state index contributed by atoms with van der Waals surface area (Å²) in [6.45, 7) is 3.90. The lowest BCUT2D eigenvalue weighted by atomic mass is 9.88. The number of carbonyl (C=O) groups excluding carboxylic acids is 1. The van der Waals surface area contributed by atoms with Gasteiger partial charge in [-0.25, -0.2) is 9.67 Å². The fourth-order valence-electron chi connectivity index (χ4n) is 3.50. The van der Waals surface area contributed by atoms with E-state index in [0.717, 1.165) is 11.3 Å². The molecule has 0 spiro atoms. The second-order valence-corrected chi connectivity index (χ2v) is 8.21. The molecule has 0 saturated heterocycles. The summed E-state index contributed by atoms with van der Waals surface area (Å²) in [5.41, 5.74) is 2.61. The van der Waals surface area contributed by atoms with Crippen LogP contribution in [-0.2, 0) is 15.3 Å². The minimum atomic E-state index is -0.619. The quantitative estimate of drug-likeness (QED) is 0.394. The van der Waals surface area contributed by atoms with Gasteiger partial charge in [-0.3, -0.25) is 4.79 Å². The summed E-state index contributed by atoms with van der Waals surface area (Å²) < 4.78 is 7.04. The number of nitrogens with zero attached hydrogens (tertiary/aromatic N) is 4. The van der Waals surface area contributed by atoms with Crippen molar-refractivity contribution < 1.29 is 9.53 Å². The monoisotopic (exact) mass is 440 g/mol. The van der Waals surface area contributed by atoms with Crippen molar-refractivity contribution in [2.45, 2.75) is 30.8 Å². The Kier molecular flexibility index (Phi) is 6.20. The largest absolute Gasteiger partial charge is 0.465 e. The topological polar surface area (TPSA) is 69.4 Å². The summed E-state index contributed by atoms with van der Waals surface area (Å²) in [4.78, 5) is 22.0. The van der Waals surface area contributed by atoms with Crippen LogP contribution >= 0.6 is 23.4 Å². The molecule has 2 heterocycles. The molecule has 2 unspecified atom stereocenters. The molecule has 0 amide bonds. The van der Waals surface area contributed by atoms with E-state index in [4.69, 9.17) is 16.3 Å². The van der Waals surface area contributed by atoms with E-state index in [1.807, 2.05) is 49.4 Å². The van der Waals surface area contributed by atoms with Crippen LogP contribution in [0.3, 0.4) is 0 Å². The number of benzene rings is 2. The molecular formula is C22H21ClN4O2S. The molecule has 30 heavy (non-hydrogen) atoms. The van der Waals surface area contributed by atoms with Crippen molar-refractivity contribution in [3.63, 3.8) is 0 Å². The molecule has 4 rings (SSSR count). The van der Waals surface area contributed by atoms with Crippen LogP contribution in [0.4, 0.5) is 5.95 Å². The van der Waals surface area contributed by atoms with Gasteiger partial charge in [-0.1, -0.05) is 71.9 Å². The first-order valence-corrected chi connectivity index (χ1v) is 11.0. The van der Waals surface area contributed by atoms with E-state index in [0.29, 0.717) is 28.4 Å². The molecular weight excluding hydrogens is 420 g/mol. The maximum Gasteiger partial charge on any atom is 0.317 e. The average Bonchev–Trinajstić information content (AvgIpc) is 3.15. The molecule has 2 atom stereocenters. The number of hydrogen-bond donors (Lipinski definition) is 0. The van der Waals surface area contributed by atoms with Crippen molar-refractivity contribution in [2.24, 2.45) is 10.9 Å². The first-order valence-electron chi connectivity index (χ1n) is 9.68. The fourth-order valence-corrected chi connectivity index (χ4v) is 4.52. The molecule has 1 aliphatic rings. The summed E-state index contributed by atoms with van der Waals surface area (Å²) in [6.07, 6.45) is 0. The molecule has 1 aromatic heterocycles. The lowest BCUT2D eigenvalue weighted by Crippen LogP contribution is -2.37. The Bertz CT molecular complexity index is 1080. The highest BCUT2D eigenvalue weighted by molar-refractivity contribution is 7.98. The molecule has 0 saturated carbocycles. The number of thioether (sulfide) groups is 1. The van der Waals surface area contributed by atoms with Crippen molar-refractivity contribution in [2.75, 3.05) is 6.61 Å². The highest BCUT2D eigenvalue weighted by atomic mass is 35.5. The van der Waals surface area contributed by atoms with Gasteiger partial charge in [0.15, 0.2) is 0 Å². The predicted molar refractivity (Wildman–Crippen MR) is 119 cm³/mol. The van der Waals surface area contributed by atoms with Gasteiger partial charge in [0.1, 0.15) is 12.0 Å². The number of aliphatic imine (C=N–C) groups is 1. The Morgan fingerprint density at radius 3 is 2.63 bits per heavy atom. The number of fused-ring (bicyclic) bond motifs is 1. The molecule has 0 aliphatic carbocycles. The molecule has 0 radical (unpaired) electrons. The number of esters is 1. The van der Waals surface area contributed by atoms with E-state index < -0.39 is 12.0 Å². The van der Waals surface area contributed by atoms with Crippen LogP contribution in [0.5, 0.6) is 0 Å². The maximum atomic E-state index is 12.8. The number of carbonyl (C=O) groups is 1. The van der Waals surface area contributed by atoms with Crippen molar-refractivity contribution in [3.8, 4) is 0 Å². The van der Waals surface area contributed by atoms with Crippen LogP contribution in [0.2, 0.25) is 5.02 Å². The van der Waals surface area contributed by atoms with Crippen LogP contribution in [0.15, 0.2) is 64.7 Å². The predicted octanol–water partition coefficient (Wildman–Crippen LogP) is 5.10. The van der Waals surface area contributed by atoms with Gasteiger partial charge in [-0.05, 0) is 31.0 Å². The Labute approximate surface area is 184 Å². The molecule has 1 aliphatic heterocycles. The Hall–Kier alpha value is -2.64. The number of halogens is 1. The standard InChI is InChI=1S/C22H21ClN4O2S/c1-3-29-20(28)18-14(2)24-21-25-22(30-13-15-9-5-4-6-10-15)26-27(21)19(18)16-11-7-8-12-17(16)23/h4-12,18-19H,3,13H2,1-2H3. The van der Waals surface area contributed by atoms with Gasteiger partial charge < -0.3 is 4.74 Å². The van der Waals surface area contributed by atoms with E-state index in [2.05, 4.69) is 27.2 Å². The summed E-state index contributed by atoms with van der Waals surface area (Å²) in [6, 6.07) is 17.1. The highest BCUT2D eigenvalue weighted by Gasteiger charge is 2.41. The molecule has 0 fully saturated rings. The van der Waals surface area contributed by atoms with Gasteiger partial charge in [-0.2, -0.15) is 4.98 Å². The van der Waals surface area contributed by atoms with Gasteiger partial charge in [0.25, 0.3) is 0 Å². The minimum absolute atomic E-state index is 0.292. The maximum absolute atomic E-state index is 12.8. The van der Waals surface area contributed by atoms with E-state index in [1.54, 1.807) is 11.6 Å². The zero-order valence-corrected chi connectivity index (χ0v) is 18.2. The van der Waals surface area contributed by atoms with Gasteiger partial charge in [0.05, 0.1) is 6.61 Å². The minimum Gasteiger partial charge on any atom is -0.465 e. The van der Waals surface area contributed by atoms with E-state index in [1.165, 1.54) is 17.3 Å². The van der Waals surface area contributed by atoms with Gasteiger partial charge >= 0.3 is 5.97 Å². The zero-order valence-electron chi connectivity index (χ0n) is 16.7. The van der Waals surface area contributed by atoms with E-state index in [-0.39, 0.29) is 5.97 Å². The van der Waals surface area contributed by atoms with Crippen molar-refractivity contribution >= 4 is 41.0 Å². The average molecular weight is 441 g/mol. The van der Waals surface area contributed by atoms with Crippen LogP contribution in [0.25, 0.3) is 0 Å². The van der Waals surface area contributed by atoms with Crippen LogP contribution in [0.1, 0.15) is 31.0 Å². The Morgan fingerprint density at radius 1 is 1.17 bits per heavy atom. The SMILES string of the molecule is CCOC(=O)C1C(C)=Nc2nc(SCc3ccccc3)nn2C1c1ccccc1Cl. The first-order chi connectivity index (χ1) is 14.6. The lowest BCUT2D eigenvalue weighted by molar-refractivity contribution is -0.146. The molecule has 154 valence electrons. The molecule has 6 nitrogen and oxygen atoms in total. The number of hydrogen-bond acceptors (Lipinski definition) is 6. The molecule has 8 heteroatoms. The summed E-state index contributed by atoms with van der Waals surface area (Å²) in [7, 11) is 0. The van der Waals surface area contributed by atoms with Crippen LogP contribution < -0.4 is 0 Å².